The molecule has 166 valence electrons. The maximum atomic E-state index is 13.5. The lowest BCUT2D eigenvalue weighted by molar-refractivity contribution is -0.137. The number of carbonyl (C=O) groups is 1. The zero-order valence-electron chi connectivity index (χ0n) is 17.3. The Bertz CT molecular complexity index is 1060. The van der Waals surface area contributed by atoms with E-state index in [2.05, 4.69) is 10.3 Å². The average Bonchev–Trinajstić information content (AvgIpc) is 3.16. The number of alkyl halides is 3. The average molecular weight is 453 g/mol. The number of aromatic nitrogens is 1. The third-order valence-corrected chi connectivity index (χ3v) is 5.64. The molecule has 3 aromatic rings. The fourth-order valence-electron chi connectivity index (χ4n) is 3.76. The summed E-state index contributed by atoms with van der Waals surface area (Å²) in [6.07, 6.45) is -2.02. The van der Waals surface area contributed by atoms with Crippen LogP contribution in [0.3, 0.4) is 0 Å². The van der Waals surface area contributed by atoms with Gasteiger partial charge in [-0.05, 0) is 35.2 Å². The number of hydrogen-bond acceptors (Lipinski definition) is 2. The molecule has 4 nitrogen and oxygen atoms in total. The van der Waals surface area contributed by atoms with E-state index in [1.54, 1.807) is 12.3 Å². The number of rotatable bonds is 8. The molecule has 2 aromatic carbocycles. The van der Waals surface area contributed by atoms with Crippen molar-refractivity contribution in [3.8, 4) is 0 Å². The van der Waals surface area contributed by atoms with Crippen LogP contribution in [0.5, 0.6) is 0 Å². The summed E-state index contributed by atoms with van der Waals surface area (Å²) in [4.78, 5) is 15.8. The summed E-state index contributed by atoms with van der Waals surface area (Å²) in [5, 5.41) is 3.27. The zero-order valence-corrected chi connectivity index (χ0v) is 18.0. The number of halogens is 4. The zero-order chi connectivity index (χ0) is 22.6. The Morgan fingerprint density at radius 2 is 2.03 bits per heavy atom. The minimum absolute atomic E-state index is 0.00799. The number of methoxy groups -OCH3 is 1. The Morgan fingerprint density at radius 1 is 1.26 bits per heavy atom. The third-order valence-electron chi connectivity index (χ3n) is 5.31. The lowest BCUT2D eigenvalue weighted by atomic mass is 9.86. The van der Waals surface area contributed by atoms with Gasteiger partial charge in [-0.3, -0.25) is 4.79 Å². The summed E-state index contributed by atoms with van der Waals surface area (Å²) in [7, 11) is 1.53. The van der Waals surface area contributed by atoms with Crippen molar-refractivity contribution in [2.24, 2.45) is 0 Å². The Kier molecular flexibility index (Phi) is 7.28. The van der Waals surface area contributed by atoms with E-state index in [0.717, 1.165) is 34.5 Å². The second kappa shape index (κ2) is 9.75. The Hall–Kier alpha value is -2.51. The van der Waals surface area contributed by atoms with Gasteiger partial charge in [0.25, 0.3) is 0 Å². The van der Waals surface area contributed by atoms with Gasteiger partial charge in [0.2, 0.25) is 5.91 Å². The van der Waals surface area contributed by atoms with Crippen LogP contribution < -0.4 is 5.32 Å². The van der Waals surface area contributed by atoms with Crippen molar-refractivity contribution in [1.29, 1.82) is 0 Å². The number of fused-ring (bicyclic) bond motifs is 1. The number of carbonyl (C=O) groups excluding carboxylic acids is 1. The molecule has 0 spiro atoms. The van der Waals surface area contributed by atoms with Gasteiger partial charge in [-0.2, -0.15) is 13.2 Å². The summed E-state index contributed by atoms with van der Waals surface area (Å²) < 4.78 is 45.4. The van der Waals surface area contributed by atoms with E-state index in [9.17, 15) is 18.0 Å². The molecule has 0 saturated heterocycles. The van der Waals surface area contributed by atoms with E-state index in [1.165, 1.54) is 13.2 Å². The van der Waals surface area contributed by atoms with E-state index < -0.39 is 17.7 Å². The molecule has 31 heavy (non-hydrogen) atoms. The van der Waals surface area contributed by atoms with Crippen LogP contribution in [-0.2, 0) is 22.1 Å². The maximum Gasteiger partial charge on any atom is 0.417 e. The topological polar surface area (TPSA) is 54.1 Å². The second-order valence-electron chi connectivity index (χ2n) is 7.27. The first kappa shape index (κ1) is 23.2. The van der Waals surface area contributed by atoms with Crippen LogP contribution in [0, 0.1) is 0 Å². The van der Waals surface area contributed by atoms with Gasteiger partial charge < -0.3 is 15.0 Å². The highest BCUT2D eigenvalue weighted by atomic mass is 35.5. The van der Waals surface area contributed by atoms with Crippen LogP contribution >= 0.6 is 11.6 Å². The molecule has 1 heterocycles. The van der Waals surface area contributed by atoms with Gasteiger partial charge in [0.1, 0.15) is 0 Å². The molecule has 1 aromatic heterocycles. The van der Waals surface area contributed by atoms with Gasteiger partial charge in [0.15, 0.2) is 0 Å². The first-order valence-corrected chi connectivity index (χ1v) is 10.3. The minimum Gasteiger partial charge on any atom is -0.383 e. The van der Waals surface area contributed by atoms with Crippen LogP contribution in [0.15, 0.2) is 42.6 Å². The van der Waals surface area contributed by atoms with E-state index >= 15 is 0 Å². The molecule has 0 saturated carbocycles. The van der Waals surface area contributed by atoms with E-state index in [-0.39, 0.29) is 17.4 Å². The van der Waals surface area contributed by atoms with E-state index in [4.69, 9.17) is 16.3 Å². The smallest absolute Gasteiger partial charge is 0.383 e. The summed E-state index contributed by atoms with van der Waals surface area (Å²) >= 11 is 5.82. The van der Waals surface area contributed by atoms with Crippen LogP contribution in [0.1, 0.15) is 41.5 Å². The van der Waals surface area contributed by atoms with Crippen molar-refractivity contribution in [3.05, 3.63) is 69.9 Å². The molecule has 0 aliphatic carbocycles. The summed E-state index contributed by atoms with van der Waals surface area (Å²) in [5.41, 5.74) is 2.25. The predicted molar refractivity (Wildman–Crippen MR) is 115 cm³/mol. The van der Waals surface area contributed by atoms with Crippen LogP contribution in [0.2, 0.25) is 5.02 Å². The fourth-order valence-corrected chi connectivity index (χ4v) is 3.98. The highest BCUT2D eigenvalue weighted by molar-refractivity contribution is 6.31. The lowest BCUT2D eigenvalue weighted by Gasteiger charge is -2.19. The van der Waals surface area contributed by atoms with Gasteiger partial charge in [-0.1, -0.05) is 42.8 Å². The number of para-hydroxylation sites is 1. The lowest BCUT2D eigenvalue weighted by Crippen LogP contribution is -2.28. The van der Waals surface area contributed by atoms with Crippen molar-refractivity contribution >= 4 is 28.4 Å². The number of H-pyrrole nitrogens is 1. The Morgan fingerprint density at radius 3 is 2.71 bits per heavy atom. The summed E-state index contributed by atoms with van der Waals surface area (Å²) in [5.74, 6) is -0.853. The minimum atomic E-state index is -4.59. The predicted octanol–water partition coefficient (Wildman–Crippen LogP) is 5.69. The normalized spacial score (nSPS) is 12.8. The first-order chi connectivity index (χ1) is 14.8. The molecule has 1 amide bonds. The number of aryl methyl sites for hydroxylation is 1. The quantitative estimate of drug-likeness (QED) is 0.431. The highest BCUT2D eigenvalue weighted by Crippen LogP contribution is 2.40. The summed E-state index contributed by atoms with van der Waals surface area (Å²) in [6, 6.07) is 9.65. The van der Waals surface area contributed by atoms with Crippen LogP contribution in [0.25, 0.3) is 10.9 Å². The van der Waals surface area contributed by atoms with Gasteiger partial charge >= 0.3 is 6.18 Å². The van der Waals surface area contributed by atoms with Crippen molar-refractivity contribution in [3.63, 3.8) is 0 Å². The van der Waals surface area contributed by atoms with E-state index in [0.29, 0.717) is 18.7 Å². The van der Waals surface area contributed by atoms with Gasteiger partial charge in [-0.25, -0.2) is 0 Å². The van der Waals surface area contributed by atoms with Gasteiger partial charge in [-0.15, -0.1) is 0 Å². The van der Waals surface area contributed by atoms with Crippen molar-refractivity contribution < 1.29 is 22.7 Å². The number of aromatic amines is 1. The number of amides is 1. The molecular weight excluding hydrogens is 429 g/mol. The summed E-state index contributed by atoms with van der Waals surface area (Å²) in [6.45, 7) is 2.71. The van der Waals surface area contributed by atoms with Crippen molar-refractivity contribution in [2.45, 2.75) is 31.9 Å². The standard InChI is InChI=1S/C23H24ClF3N2O2/c1-3-14-5-4-6-16-18(13-29-22(14)16)17(12-21(30)28-9-10-31-2)15-7-8-20(24)19(11-15)23(25,26)27/h4-8,11,13,17,29H,3,9-10,12H2,1-2H3,(H,28,30)/t17-/m0/s1. The third kappa shape index (κ3) is 5.22. The number of benzene rings is 2. The second-order valence-corrected chi connectivity index (χ2v) is 7.68. The Balaban J connectivity index is 2.08. The largest absolute Gasteiger partial charge is 0.417 e. The van der Waals surface area contributed by atoms with Crippen molar-refractivity contribution in [1.82, 2.24) is 10.3 Å². The molecule has 0 aliphatic heterocycles. The molecule has 8 heteroatoms. The molecule has 0 aliphatic rings. The fraction of sp³-hybridized carbons (Fsp3) is 0.348. The number of nitrogens with one attached hydrogen (secondary N) is 2. The first-order valence-electron chi connectivity index (χ1n) is 9.97. The molecule has 2 N–H and O–H groups in total. The molecule has 0 bridgehead atoms. The maximum absolute atomic E-state index is 13.5. The molecule has 0 unspecified atom stereocenters. The van der Waals surface area contributed by atoms with Crippen LogP contribution in [0.4, 0.5) is 13.2 Å². The van der Waals surface area contributed by atoms with Crippen molar-refractivity contribution in [2.75, 3.05) is 20.3 Å². The van der Waals surface area contributed by atoms with Crippen LogP contribution in [-0.4, -0.2) is 31.2 Å². The molecule has 3 rings (SSSR count). The molecule has 0 radical (unpaired) electrons. The van der Waals surface area contributed by atoms with E-state index in [1.807, 2.05) is 25.1 Å². The van der Waals surface area contributed by atoms with Gasteiger partial charge in [0, 0.05) is 43.1 Å². The highest BCUT2D eigenvalue weighted by Gasteiger charge is 2.34. The number of ether oxygens (including phenoxy) is 1. The Labute approximate surface area is 183 Å². The SMILES string of the molecule is CCc1cccc2c([C@@H](CC(=O)NCCOC)c3ccc(Cl)c(C(F)(F)F)c3)c[nH]c12. The number of hydrogen-bond donors (Lipinski definition) is 2. The molecular formula is C23H24ClF3N2O2. The van der Waals surface area contributed by atoms with Gasteiger partial charge in [0.05, 0.1) is 17.2 Å². The monoisotopic (exact) mass is 452 g/mol. The molecule has 1 atom stereocenters. The molecule has 0 fully saturated rings.